The molecule has 4 N–H and O–H groups in total. The van der Waals surface area contributed by atoms with E-state index in [1.165, 1.54) is 16.7 Å². The van der Waals surface area contributed by atoms with Gasteiger partial charge in [-0.25, -0.2) is 4.57 Å². The van der Waals surface area contributed by atoms with Gasteiger partial charge in [0.2, 0.25) is 11.8 Å². The lowest BCUT2D eigenvalue weighted by molar-refractivity contribution is -0.687. The molecule has 11 heteroatoms. The third-order valence-electron chi connectivity index (χ3n) is 4.63. The van der Waals surface area contributed by atoms with Crippen LogP contribution < -0.4 is 20.7 Å². The zero-order chi connectivity index (χ0) is 21.0. The molecule has 0 spiro atoms. The van der Waals surface area contributed by atoms with E-state index in [2.05, 4.69) is 5.32 Å². The average molecular weight is 546 g/mol. The van der Waals surface area contributed by atoms with Crippen LogP contribution in [0.3, 0.4) is 0 Å². The number of nitrogens with one attached hydrogen (secondary N) is 1. The number of pyridine rings is 1. The van der Waals surface area contributed by atoms with Crippen molar-refractivity contribution >= 4 is 53.5 Å². The zero-order valence-corrected chi connectivity index (χ0v) is 19.2. The van der Waals surface area contributed by atoms with Crippen LogP contribution in [0.2, 0.25) is 0 Å². The number of allylic oxidation sites excluding steroid dienone is 2. The number of aliphatic hydroxyl groups is 1. The smallest absolute Gasteiger partial charge is 0.248 e. The predicted octanol–water partition coefficient (Wildman–Crippen LogP) is -1.95. The van der Waals surface area contributed by atoms with Gasteiger partial charge in [-0.1, -0.05) is 6.08 Å². The maximum Gasteiger partial charge on any atom is 0.248 e. The molecule has 0 aliphatic carbocycles. The fourth-order valence-corrected chi connectivity index (χ4v) is 4.41. The number of halogens is 1. The second kappa shape index (κ2) is 10.9. The van der Waals surface area contributed by atoms with Gasteiger partial charge in [-0.2, -0.15) is 0 Å². The van der Waals surface area contributed by atoms with Crippen molar-refractivity contribution in [3.8, 4) is 0 Å². The van der Waals surface area contributed by atoms with Gasteiger partial charge in [0.15, 0.2) is 18.9 Å². The summed E-state index contributed by atoms with van der Waals surface area (Å²) in [7, 11) is 0. The highest BCUT2D eigenvalue weighted by molar-refractivity contribution is 14.0. The van der Waals surface area contributed by atoms with Gasteiger partial charge < -0.3 is 26.1 Å². The first-order valence-electron chi connectivity index (χ1n) is 9.09. The fraction of sp³-hybridized carbons (Fsp3) is 0.368. The van der Waals surface area contributed by atoms with Gasteiger partial charge in [0.25, 0.3) is 0 Å². The van der Waals surface area contributed by atoms with E-state index in [0.29, 0.717) is 17.9 Å². The van der Waals surface area contributed by atoms with E-state index in [9.17, 15) is 19.5 Å². The van der Waals surface area contributed by atoms with Crippen LogP contribution in [0.5, 0.6) is 0 Å². The second-order valence-corrected chi connectivity index (χ2v) is 7.76. The molecule has 0 unspecified atom stereocenters. The molecule has 30 heavy (non-hydrogen) atoms. The van der Waals surface area contributed by atoms with E-state index >= 15 is 0 Å². The molecule has 2 aliphatic heterocycles. The minimum absolute atomic E-state index is 0. The minimum Gasteiger partial charge on any atom is -0.543 e. The number of nitrogens with zero attached hydrogens (tertiary/aromatic N) is 2. The van der Waals surface area contributed by atoms with Crippen molar-refractivity contribution in [3.63, 3.8) is 0 Å². The molecule has 1 aromatic heterocycles. The number of β-lactam (4-membered cyclic amide) rings is 1. The van der Waals surface area contributed by atoms with E-state index in [4.69, 9.17) is 10.8 Å². The fourth-order valence-electron chi connectivity index (χ4n) is 3.14. The number of carbonyl (C=O) groups excluding carboxylic acids is 3. The summed E-state index contributed by atoms with van der Waals surface area (Å²) in [6.07, 6.45) is 7.35. The zero-order valence-electron chi connectivity index (χ0n) is 16.0. The van der Waals surface area contributed by atoms with Gasteiger partial charge in [-0.05, 0) is 17.2 Å². The van der Waals surface area contributed by atoms with Crippen LogP contribution in [0.15, 0.2) is 47.9 Å². The van der Waals surface area contributed by atoms with Gasteiger partial charge in [0.1, 0.15) is 11.4 Å². The van der Waals surface area contributed by atoms with Crippen LogP contribution >= 0.6 is 35.7 Å². The summed E-state index contributed by atoms with van der Waals surface area (Å²) in [5.74, 6) is -1.51. The molecule has 9 nitrogen and oxygen atoms in total. The van der Waals surface area contributed by atoms with Crippen molar-refractivity contribution in [1.29, 1.82) is 0 Å². The van der Waals surface area contributed by atoms with Gasteiger partial charge in [0, 0.05) is 24.4 Å². The number of carbonyl (C=O) groups is 3. The molecule has 1 aromatic rings. The topological polar surface area (TPSA) is 140 Å². The van der Waals surface area contributed by atoms with Crippen molar-refractivity contribution < 1.29 is 29.2 Å². The quantitative estimate of drug-likeness (QED) is 0.196. The number of aliphatic carboxylic acids is 1. The molecule has 3 rings (SSSR count). The molecule has 2 amide bonds. The number of carboxylic acids is 1. The van der Waals surface area contributed by atoms with Gasteiger partial charge in [-0.3, -0.25) is 14.5 Å². The summed E-state index contributed by atoms with van der Waals surface area (Å²) < 4.78 is 1.87. The largest absolute Gasteiger partial charge is 0.543 e. The van der Waals surface area contributed by atoms with E-state index < -0.39 is 17.9 Å². The highest BCUT2D eigenvalue weighted by Gasteiger charge is 2.49. The van der Waals surface area contributed by atoms with Crippen molar-refractivity contribution in [2.45, 2.75) is 24.4 Å². The lowest BCUT2D eigenvalue weighted by Gasteiger charge is -2.49. The molecule has 0 radical (unpaired) electrons. The number of fused-ring (bicyclic) bond motifs is 1. The number of rotatable bonds is 8. The Balaban J connectivity index is 0.00000320. The summed E-state index contributed by atoms with van der Waals surface area (Å²) in [6.45, 7) is 0.622. The Morgan fingerprint density at radius 3 is 2.73 bits per heavy atom. The van der Waals surface area contributed by atoms with Crippen molar-refractivity contribution in [2.75, 3.05) is 18.9 Å². The van der Waals surface area contributed by atoms with Crippen LogP contribution in [-0.2, 0) is 27.3 Å². The number of aromatic nitrogens is 1. The molecule has 0 aromatic carbocycles. The van der Waals surface area contributed by atoms with E-state index in [1.807, 2.05) is 29.1 Å². The van der Waals surface area contributed by atoms with E-state index in [-0.39, 0.29) is 60.5 Å². The van der Waals surface area contributed by atoms with Crippen LogP contribution in [0, 0.1) is 0 Å². The Morgan fingerprint density at radius 2 is 2.10 bits per heavy atom. The number of carboxylic acid groups (broad SMARTS) is 1. The van der Waals surface area contributed by atoms with Crippen LogP contribution in [-0.4, -0.2) is 58.1 Å². The Labute approximate surface area is 195 Å². The number of hydrogen-bond acceptors (Lipinski definition) is 7. The SMILES string of the molecule is I.N[C@@H]1C(=O)N2C(C(=O)[O-])=C(C=CC[n+]3ccc(CC(=O)NCCO)cc3)CS[C@H]12. The molecule has 2 aliphatic rings. The Kier molecular flexibility index (Phi) is 8.82. The first-order chi connectivity index (χ1) is 13.9. The van der Waals surface area contributed by atoms with E-state index in [1.54, 1.807) is 12.2 Å². The first-order valence-corrected chi connectivity index (χ1v) is 10.1. The lowest BCUT2D eigenvalue weighted by Crippen LogP contribution is -2.69. The highest BCUT2D eigenvalue weighted by Crippen LogP contribution is 2.39. The number of thioether (sulfide) groups is 1. The van der Waals surface area contributed by atoms with Gasteiger partial charge in [0.05, 0.1) is 24.7 Å². The molecule has 0 bridgehead atoms. The lowest BCUT2D eigenvalue weighted by atomic mass is 10.0. The number of hydrogen-bond donors (Lipinski definition) is 3. The number of amides is 2. The molecule has 3 heterocycles. The van der Waals surface area contributed by atoms with Gasteiger partial charge in [-0.15, -0.1) is 35.7 Å². The maximum atomic E-state index is 11.9. The standard InChI is InChI=1S/C19H22N4O5S.HI/c20-15-17(26)23-16(19(27)28)13(11-29-18(15)23)2-1-6-22-7-3-12(4-8-22)10-14(25)21-5-9-24;/h1-4,7-8,15,18,24H,5-6,9-11,20H2,(H-,21,25,27,28);1H/t15-,18-;/m1./s1. The Bertz CT molecular complexity index is 874. The number of aliphatic hydroxyl groups excluding tert-OH is 1. The monoisotopic (exact) mass is 546 g/mol. The van der Waals surface area contributed by atoms with Crippen molar-refractivity contribution in [2.24, 2.45) is 5.73 Å². The normalized spacial score (nSPS) is 20.5. The van der Waals surface area contributed by atoms with Crippen LogP contribution in [0.4, 0.5) is 0 Å². The third kappa shape index (κ3) is 5.39. The highest BCUT2D eigenvalue weighted by atomic mass is 127. The predicted molar refractivity (Wildman–Crippen MR) is 118 cm³/mol. The molecule has 2 atom stereocenters. The Hall–Kier alpha value is -1.96. The number of nitrogens with two attached hydrogens (primary N) is 1. The summed E-state index contributed by atoms with van der Waals surface area (Å²) in [6, 6.07) is 2.97. The maximum absolute atomic E-state index is 11.9. The van der Waals surface area contributed by atoms with Crippen molar-refractivity contribution in [1.82, 2.24) is 10.2 Å². The first kappa shape index (κ1) is 24.3. The molecular weight excluding hydrogens is 523 g/mol. The molecule has 1 saturated heterocycles. The summed E-state index contributed by atoms with van der Waals surface area (Å²) in [5.41, 5.74) is 6.97. The summed E-state index contributed by atoms with van der Waals surface area (Å²) >= 11 is 1.43. The van der Waals surface area contributed by atoms with Crippen LogP contribution in [0.25, 0.3) is 0 Å². The average Bonchev–Trinajstić information content (AvgIpc) is 2.72. The molecule has 162 valence electrons. The summed E-state index contributed by atoms with van der Waals surface area (Å²) in [4.78, 5) is 36.3. The van der Waals surface area contributed by atoms with E-state index in [0.717, 1.165) is 5.56 Å². The second-order valence-electron chi connectivity index (χ2n) is 6.65. The Morgan fingerprint density at radius 1 is 1.40 bits per heavy atom. The van der Waals surface area contributed by atoms with Gasteiger partial charge >= 0.3 is 0 Å². The third-order valence-corrected chi connectivity index (χ3v) is 5.95. The molecular formula is C19H23IN4O5S. The van der Waals surface area contributed by atoms with Crippen LogP contribution in [0.1, 0.15) is 5.56 Å². The molecule has 0 saturated carbocycles. The minimum atomic E-state index is -1.38. The molecule has 1 fully saturated rings. The van der Waals surface area contributed by atoms with Crippen molar-refractivity contribution in [3.05, 3.63) is 53.5 Å². The summed E-state index contributed by atoms with van der Waals surface area (Å²) in [5, 5.41) is 22.5.